The van der Waals surface area contributed by atoms with E-state index >= 15 is 0 Å². The standard InChI is InChI=1S/C13H17ClN4O/c1-8-4-5-12(11(6-15)16-8)19-7-10-9(2)17-18(3)13(10)14/h4-5H,6-7,15H2,1-3H3. The van der Waals surface area contributed by atoms with Gasteiger partial charge in [0.1, 0.15) is 17.5 Å². The quantitative estimate of drug-likeness (QED) is 0.932. The molecular weight excluding hydrogens is 264 g/mol. The van der Waals surface area contributed by atoms with E-state index in [-0.39, 0.29) is 0 Å². The smallest absolute Gasteiger partial charge is 0.142 e. The topological polar surface area (TPSA) is 66.0 Å². The average Bonchev–Trinajstić information content (AvgIpc) is 2.62. The molecule has 2 N–H and O–H groups in total. The summed E-state index contributed by atoms with van der Waals surface area (Å²) in [5.41, 5.74) is 9.08. The molecule has 19 heavy (non-hydrogen) atoms. The lowest BCUT2D eigenvalue weighted by Crippen LogP contribution is -2.06. The average molecular weight is 281 g/mol. The van der Waals surface area contributed by atoms with Gasteiger partial charge in [0, 0.05) is 24.8 Å². The van der Waals surface area contributed by atoms with Gasteiger partial charge in [-0.3, -0.25) is 9.67 Å². The van der Waals surface area contributed by atoms with Crippen LogP contribution in [0.3, 0.4) is 0 Å². The highest BCUT2D eigenvalue weighted by atomic mass is 35.5. The first-order valence-electron chi connectivity index (χ1n) is 6.00. The van der Waals surface area contributed by atoms with Crippen molar-refractivity contribution in [2.45, 2.75) is 27.0 Å². The molecule has 6 heteroatoms. The summed E-state index contributed by atoms with van der Waals surface area (Å²) in [4.78, 5) is 4.35. The van der Waals surface area contributed by atoms with Crippen molar-refractivity contribution in [1.82, 2.24) is 14.8 Å². The Hall–Kier alpha value is -1.59. The van der Waals surface area contributed by atoms with Gasteiger partial charge in [-0.1, -0.05) is 11.6 Å². The zero-order chi connectivity index (χ0) is 14.0. The Balaban J connectivity index is 2.19. The van der Waals surface area contributed by atoms with Gasteiger partial charge in [0.25, 0.3) is 0 Å². The van der Waals surface area contributed by atoms with Gasteiger partial charge in [0.05, 0.1) is 11.4 Å². The van der Waals surface area contributed by atoms with Gasteiger partial charge in [-0.05, 0) is 26.0 Å². The number of nitrogens with zero attached hydrogens (tertiary/aromatic N) is 3. The van der Waals surface area contributed by atoms with Crippen LogP contribution in [-0.2, 0) is 20.2 Å². The Labute approximate surface area is 117 Å². The van der Waals surface area contributed by atoms with Gasteiger partial charge >= 0.3 is 0 Å². The molecule has 0 saturated carbocycles. The largest absolute Gasteiger partial charge is 0.487 e. The molecule has 0 atom stereocenters. The third kappa shape index (κ3) is 2.88. The monoisotopic (exact) mass is 280 g/mol. The molecule has 0 saturated heterocycles. The van der Waals surface area contributed by atoms with E-state index in [4.69, 9.17) is 22.1 Å². The third-order valence-electron chi connectivity index (χ3n) is 2.91. The number of nitrogens with two attached hydrogens (primary N) is 1. The van der Waals surface area contributed by atoms with Crippen LogP contribution in [0.1, 0.15) is 22.6 Å². The number of pyridine rings is 1. The molecular formula is C13H17ClN4O. The fourth-order valence-corrected chi connectivity index (χ4v) is 2.09. The molecule has 0 fully saturated rings. The molecule has 2 rings (SSSR count). The summed E-state index contributed by atoms with van der Waals surface area (Å²) in [7, 11) is 1.80. The number of rotatable bonds is 4. The van der Waals surface area contributed by atoms with Crippen LogP contribution >= 0.6 is 11.6 Å². The van der Waals surface area contributed by atoms with Crippen LogP contribution in [-0.4, -0.2) is 14.8 Å². The van der Waals surface area contributed by atoms with E-state index in [2.05, 4.69) is 10.1 Å². The summed E-state index contributed by atoms with van der Waals surface area (Å²) in [6, 6.07) is 3.77. The molecule has 0 radical (unpaired) electrons. The lowest BCUT2D eigenvalue weighted by atomic mass is 10.2. The Morgan fingerprint density at radius 2 is 2.11 bits per heavy atom. The lowest BCUT2D eigenvalue weighted by molar-refractivity contribution is 0.300. The number of ether oxygens (including phenoxy) is 1. The highest BCUT2D eigenvalue weighted by Crippen LogP contribution is 2.23. The molecule has 0 bridgehead atoms. The van der Waals surface area contributed by atoms with Crippen LogP contribution in [0.5, 0.6) is 5.75 Å². The summed E-state index contributed by atoms with van der Waals surface area (Å²) in [6.07, 6.45) is 0. The van der Waals surface area contributed by atoms with Crippen molar-refractivity contribution in [3.63, 3.8) is 0 Å². The molecule has 0 aliphatic carbocycles. The first-order chi connectivity index (χ1) is 9.02. The zero-order valence-corrected chi connectivity index (χ0v) is 12.0. The second-order valence-corrected chi connectivity index (χ2v) is 4.73. The van der Waals surface area contributed by atoms with Crippen LogP contribution in [0.2, 0.25) is 5.15 Å². The van der Waals surface area contributed by atoms with Crippen molar-refractivity contribution in [1.29, 1.82) is 0 Å². The van der Waals surface area contributed by atoms with E-state index in [0.717, 1.165) is 22.6 Å². The Kier molecular flexibility index (Phi) is 4.07. The van der Waals surface area contributed by atoms with Crippen molar-refractivity contribution in [2.24, 2.45) is 12.8 Å². The maximum absolute atomic E-state index is 6.16. The molecule has 0 aliphatic heterocycles. The van der Waals surface area contributed by atoms with E-state index in [0.29, 0.717) is 24.1 Å². The Morgan fingerprint density at radius 3 is 2.68 bits per heavy atom. The molecule has 102 valence electrons. The van der Waals surface area contributed by atoms with E-state index in [1.807, 2.05) is 26.0 Å². The van der Waals surface area contributed by atoms with E-state index in [9.17, 15) is 0 Å². The summed E-state index contributed by atoms with van der Waals surface area (Å²) < 4.78 is 7.40. The molecule has 0 spiro atoms. The zero-order valence-electron chi connectivity index (χ0n) is 11.3. The second kappa shape index (κ2) is 5.59. The third-order valence-corrected chi connectivity index (χ3v) is 3.38. The van der Waals surface area contributed by atoms with E-state index in [1.54, 1.807) is 11.7 Å². The number of aromatic nitrogens is 3. The fraction of sp³-hybridized carbons (Fsp3) is 0.385. The van der Waals surface area contributed by atoms with Crippen LogP contribution in [0, 0.1) is 13.8 Å². The molecule has 2 aromatic rings. The predicted molar refractivity (Wildman–Crippen MR) is 74.2 cm³/mol. The fourth-order valence-electron chi connectivity index (χ4n) is 1.86. The van der Waals surface area contributed by atoms with Gasteiger partial charge in [-0.15, -0.1) is 0 Å². The van der Waals surface area contributed by atoms with Crippen molar-refractivity contribution in [3.05, 3.63) is 39.9 Å². The molecule has 5 nitrogen and oxygen atoms in total. The van der Waals surface area contributed by atoms with Crippen molar-refractivity contribution in [3.8, 4) is 5.75 Å². The second-order valence-electron chi connectivity index (χ2n) is 4.37. The summed E-state index contributed by atoms with van der Waals surface area (Å²) in [6.45, 7) is 4.53. The van der Waals surface area contributed by atoms with Gasteiger partial charge in [0.15, 0.2) is 0 Å². The molecule has 0 aliphatic rings. The maximum atomic E-state index is 6.16. The molecule has 0 amide bonds. The summed E-state index contributed by atoms with van der Waals surface area (Å²) >= 11 is 6.16. The van der Waals surface area contributed by atoms with Crippen molar-refractivity contribution < 1.29 is 4.74 Å². The number of aryl methyl sites for hydroxylation is 3. The van der Waals surface area contributed by atoms with Gasteiger partial charge < -0.3 is 10.5 Å². The number of halogens is 1. The molecule has 2 aromatic heterocycles. The van der Waals surface area contributed by atoms with Gasteiger partial charge in [0.2, 0.25) is 0 Å². The molecule has 0 aromatic carbocycles. The minimum atomic E-state index is 0.344. The van der Waals surface area contributed by atoms with Gasteiger partial charge in [-0.25, -0.2) is 0 Å². The first-order valence-corrected chi connectivity index (χ1v) is 6.38. The van der Waals surface area contributed by atoms with Crippen molar-refractivity contribution >= 4 is 11.6 Å². The Bertz CT molecular complexity index is 595. The minimum absolute atomic E-state index is 0.344. The first kappa shape index (κ1) is 13.8. The van der Waals surface area contributed by atoms with Crippen LogP contribution < -0.4 is 10.5 Å². The van der Waals surface area contributed by atoms with E-state index in [1.165, 1.54) is 0 Å². The molecule has 2 heterocycles. The van der Waals surface area contributed by atoms with Crippen LogP contribution in [0.15, 0.2) is 12.1 Å². The number of hydrogen-bond donors (Lipinski definition) is 1. The van der Waals surface area contributed by atoms with Crippen LogP contribution in [0.25, 0.3) is 0 Å². The van der Waals surface area contributed by atoms with E-state index < -0.39 is 0 Å². The minimum Gasteiger partial charge on any atom is -0.487 e. The van der Waals surface area contributed by atoms with Crippen molar-refractivity contribution in [2.75, 3.05) is 0 Å². The summed E-state index contributed by atoms with van der Waals surface area (Å²) in [5.74, 6) is 0.687. The normalized spacial score (nSPS) is 10.8. The summed E-state index contributed by atoms with van der Waals surface area (Å²) in [5, 5.41) is 4.83. The maximum Gasteiger partial charge on any atom is 0.142 e. The number of hydrogen-bond acceptors (Lipinski definition) is 4. The SMILES string of the molecule is Cc1ccc(OCc2c(C)nn(C)c2Cl)c(CN)n1. The lowest BCUT2D eigenvalue weighted by Gasteiger charge is -2.10. The Morgan fingerprint density at radius 1 is 1.37 bits per heavy atom. The highest BCUT2D eigenvalue weighted by Gasteiger charge is 2.13. The molecule has 0 unspecified atom stereocenters. The predicted octanol–water partition coefficient (Wildman–Crippen LogP) is 2.12. The highest BCUT2D eigenvalue weighted by molar-refractivity contribution is 6.30. The van der Waals surface area contributed by atoms with Gasteiger partial charge in [-0.2, -0.15) is 5.10 Å². The van der Waals surface area contributed by atoms with Crippen LogP contribution in [0.4, 0.5) is 0 Å².